The van der Waals surface area contributed by atoms with E-state index in [1.54, 1.807) is 24.5 Å². The molecule has 2 amide bonds. The number of anilines is 2. The van der Waals surface area contributed by atoms with E-state index in [9.17, 15) is 14.4 Å². The molecular formula is C28H21N7O3. The minimum absolute atomic E-state index is 0.0848. The summed E-state index contributed by atoms with van der Waals surface area (Å²) in [6.07, 6.45) is 5.79. The first-order valence-corrected chi connectivity index (χ1v) is 12.2. The van der Waals surface area contributed by atoms with Gasteiger partial charge in [0.15, 0.2) is 0 Å². The Bertz CT molecular complexity index is 1830. The summed E-state index contributed by atoms with van der Waals surface area (Å²) in [4.78, 5) is 52.1. The fraction of sp³-hybridized carbons (Fsp3) is 0.143. The van der Waals surface area contributed by atoms with Crippen molar-refractivity contribution < 1.29 is 9.59 Å². The summed E-state index contributed by atoms with van der Waals surface area (Å²) in [6.45, 7) is -0.159. The van der Waals surface area contributed by atoms with Crippen molar-refractivity contribution in [1.82, 2.24) is 24.1 Å². The lowest BCUT2D eigenvalue weighted by Gasteiger charge is -2.19. The van der Waals surface area contributed by atoms with Gasteiger partial charge in [0, 0.05) is 23.6 Å². The maximum absolute atomic E-state index is 13.4. The summed E-state index contributed by atoms with van der Waals surface area (Å²) in [5.74, 6) is 0.629. The van der Waals surface area contributed by atoms with Crippen LogP contribution in [0.3, 0.4) is 0 Å². The summed E-state index contributed by atoms with van der Waals surface area (Å²) in [5, 5.41) is 5.80. The summed E-state index contributed by atoms with van der Waals surface area (Å²) in [7, 11) is 0. The molecule has 1 unspecified atom stereocenters. The van der Waals surface area contributed by atoms with Crippen molar-refractivity contribution in [2.24, 2.45) is 0 Å². The molecule has 1 spiro atoms. The molecule has 10 heteroatoms. The Labute approximate surface area is 216 Å². The predicted molar refractivity (Wildman–Crippen MR) is 140 cm³/mol. The Kier molecular flexibility index (Phi) is 4.77. The fourth-order valence-electron chi connectivity index (χ4n) is 5.65. The minimum atomic E-state index is -0.734. The van der Waals surface area contributed by atoms with Crippen LogP contribution in [0.1, 0.15) is 16.7 Å². The number of nitrogens with one attached hydrogen (secondary N) is 2. The quantitative estimate of drug-likeness (QED) is 0.389. The zero-order valence-corrected chi connectivity index (χ0v) is 20.1. The van der Waals surface area contributed by atoms with Crippen molar-refractivity contribution in [2.45, 2.75) is 24.8 Å². The van der Waals surface area contributed by atoms with Crippen LogP contribution in [0, 0.1) is 0 Å². The van der Waals surface area contributed by atoms with Gasteiger partial charge in [-0.1, -0.05) is 24.3 Å². The van der Waals surface area contributed by atoms with Crippen LogP contribution in [0.4, 0.5) is 11.5 Å². The number of amides is 2. The van der Waals surface area contributed by atoms with Gasteiger partial charge in [-0.05, 0) is 60.4 Å². The SMILES string of the molecule is O=C(Cn1c(=O)n(-c2ccccn2)c2ccccc21)Nc1ccc2c(c1)CC1(C2)C(=O)Nc2ncncc21. The molecule has 0 fully saturated rings. The van der Waals surface area contributed by atoms with Gasteiger partial charge in [0.25, 0.3) is 0 Å². The van der Waals surface area contributed by atoms with Crippen molar-refractivity contribution in [3.05, 3.63) is 107 Å². The maximum atomic E-state index is 13.4. The monoisotopic (exact) mass is 503 g/mol. The predicted octanol–water partition coefficient (Wildman–Crippen LogP) is 2.60. The first kappa shape index (κ1) is 22.1. The molecule has 1 atom stereocenters. The number of pyridine rings is 1. The van der Waals surface area contributed by atoms with Crippen molar-refractivity contribution in [3.8, 4) is 5.82 Å². The fourth-order valence-corrected chi connectivity index (χ4v) is 5.65. The van der Waals surface area contributed by atoms with Crippen molar-refractivity contribution in [3.63, 3.8) is 0 Å². The van der Waals surface area contributed by atoms with E-state index in [4.69, 9.17) is 0 Å². The van der Waals surface area contributed by atoms with E-state index >= 15 is 0 Å². The van der Waals surface area contributed by atoms with Crippen LogP contribution in [-0.4, -0.2) is 35.9 Å². The second-order valence-electron chi connectivity index (χ2n) is 9.59. The molecule has 7 rings (SSSR count). The molecule has 5 aromatic rings. The molecule has 0 saturated carbocycles. The number of aromatic nitrogens is 5. The number of nitrogens with zero attached hydrogens (tertiary/aromatic N) is 5. The van der Waals surface area contributed by atoms with E-state index in [0.29, 0.717) is 41.2 Å². The third-order valence-corrected chi connectivity index (χ3v) is 7.38. The second kappa shape index (κ2) is 8.20. The van der Waals surface area contributed by atoms with Crippen molar-refractivity contribution in [2.75, 3.05) is 10.6 Å². The molecule has 2 aromatic carbocycles. The topological polar surface area (TPSA) is 124 Å². The van der Waals surface area contributed by atoms with E-state index in [1.807, 2.05) is 48.5 Å². The Morgan fingerprint density at radius 3 is 2.63 bits per heavy atom. The lowest BCUT2D eigenvalue weighted by Crippen LogP contribution is -2.35. The lowest BCUT2D eigenvalue weighted by molar-refractivity contribution is -0.120. The number of carbonyl (C=O) groups excluding carboxylic acids is 2. The number of benzene rings is 2. The standard InChI is InChI=1S/C28H21N7O3/c36-24(15-34-21-5-1-2-6-22(21)35(27(34)38)23-7-3-4-10-30-23)32-19-9-8-17-12-28(13-18(17)11-19)20-14-29-16-31-25(20)33-26(28)37/h1-11,14,16H,12-13,15H2,(H,32,36)(H,29,31,33,37). The third kappa shape index (κ3) is 3.27. The average Bonchev–Trinajstić information content (AvgIpc) is 3.54. The summed E-state index contributed by atoms with van der Waals surface area (Å²) in [5.41, 5.74) is 3.67. The Hall–Kier alpha value is -5.12. The minimum Gasteiger partial charge on any atom is -0.325 e. The molecule has 2 N–H and O–H groups in total. The Morgan fingerprint density at radius 2 is 1.79 bits per heavy atom. The number of hydrogen-bond donors (Lipinski definition) is 2. The molecule has 2 aliphatic rings. The van der Waals surface area contributed by atoms with Gasteiger partial charge >= 0.3 is 5.69 Å². The molecule has 0 bridgehead atoms. The van der Waals surface area contributed by atoms with E-state index < -0.39 is 5.41 Å². The van der Waals surface area contributed by atoms with Crippen LogP contribution in [0.2, 0.25) is 0 Å². The second-order valence-corrected chi connectivity index (χ2v) is 9.59. The van der Waals surface area contributed by atoms with E-state index in [-0.39, 0.29) is 24.0 Å². The molecule has 4 heterocycles. The van der Waals surface area contributed by atoms with Crippen LogP contribution in [0.25, 0.3) is 16.9 Å². The molecule has 1 aliphatic heterocycles. The summed E-state index contributed by atoms with van der Waals surface area (Å²) >= 11 is 0. The molecule has 0 radical (unpaired) electrons. The zero-order chi connectivity index (χ0) is 25.9. The molecule has 10 nitrogen and oxygen atoms in total. The largest absolute Gasteiger partial charge is 0.335 e. The van der Waals surface area contributed by atoms with Crippen molar-refractivity contribution >= 4 is 34.4 Å². The number of rotatable bonds is 4. The van der Waals surface area contributed by atoms with Gasteiger partial charge in [-0.25, -0.2) is 24.3 Å². The summed E-state index contributed by atoms with van der Waals surface area (Å²) < 4.78 is 2.95. The van der Waals surface area contributed by atoms with Crippen molar-refractivity contribution in [1.29, 1.82) is 0 Å². The van der Waals surface area contributed by atoms with Crippen LogP contribution in [-0.2, 0) is 34.4 Å². The average molecular weight is 504 g/mol. The van der Waals surface area contributed by atoms with Gasteiger partial charge < -0.3 is 10.6 Å². The molecule has 0 saturated heterocycles. The number of imidazole rings is 1. The van der Waals surface area contributed by atoms with Gasteiger partial charge in [0.05, 0.1) is 16.4 Å². The number of para-hydroxylation sites is 2. The molecule has 38 heavy (non-hydrogen) atoms. The lowest BCUT2D eigenvalue weighted by atomic mass is 9.80. The molecular weight excluding hydrogens is 482 g/mol. The van der Waals surface area contributed by atoms with Crippen LogP contribution in [0.15, 0.2) is 84.2 Å². The van der Waals surface area contributed by atoms with E-state index in [2.05, 4.69) is 25.6 Å². The van der Waals surface area contributed by atoms with Gasteiger partial charge in [0.2, 0.25) is 11.8 Å². The number of fused-ring (bicyclic) bond motifs is 4. The Morgan fingerprint density at radius 1 is 0.974 bits per heavy atom. The zero-order valence-electron chi connectivity index (χ0n) is 20.1. The molecule has 186 valence electrons. The smallest absolute Gasteiger partial charge is 0.325 e. The highest BCUT2D eigenvalue weighted by molar-refractivity contribution is 6.06. The highest BCUT2D eigenvalue weighted by Gasteiger charge is 2.51. The highest BCUT2D eigenvalue weighted by atomic mass is 16.2. The van der Waals surface area contributed by atoms with Gasteiger partial charge in [-0.3, -0.25) is 14.2 Å². The highest BCUT2D eigenvalue weighted by Crippen LogP contribution is 2.46. The van der Waals surface area contributed by atoms with E-state index in [0.717, 1.165) is 16.7 Å². The molecule has 3 aromatic heterocycles. The third-order valence-electron chi connectivity index (χ3n) is 7.38. The number of carbonyl (C=O) groups is 2. The molecule has 1 aliphatic carbocycles. The number of hydrogen-bond acceptors (Lipinski definition) is 6. The first-order chi connectivity index (χ1) is 18.5. The normalized spacial score (nSPS) is 17.4. The van der Waals surface area contributed by atoms with Gasteiger partial charge in [-0.15, -0.1) is 0 Å². The summed E-state index contributed by atoms with van der Waals surface area (Å²) in [6, 6.07) is 18.3. The van der Waals surface area contributed by atoms with Gasteiger partial charge in [0.1, 0.15) is 24.5 Å². The maximum Gasteiger partial charge on any atom is 0.335 e. The Balaban J connectivity index is 1.16. The van der Waals surface area contributed by atoms with Crippen LogP contribution < -0.4 is 16.3 Å². The van der Waals surface area contributed by atoms with Gasteiger partial charge in [-0.2, -0.15) is 0 Å². The van der Waals surface area contributed by atoms with Crippen LogP contribution in [0.5, 0.6) is 0 Å². The van der Waals surface area contributed by atoms with Crippen LogP contribution >= 0.6 is 0 Å². The first-order valence-electron chi connectivity index (χ1n) is 12.2. The van der Waals surface area contributed by atoms with E-state index in [1.165, 1.54) is 15.5 Å².